The molecule has 4 nitrogen and oxygen atoms in total. The smallest absolute Gasteiger partial charge is 0.190 e. The molecule has 142 valence electrons. The van der Waals surface area contributed by atoms with Crippen LogP contribution in [0.4, 0.5) is 5.82 Å². The Bertz CT molecular complexity index is 941. The van der Waals surface area contributed by atoms with E-state index in [0.29, 0.717) is 12.4 Å². The van der Waals surface area contributed by atoms with E-state index in [-0.39, 0.29) is 5.60 Å². The van der Waals surface area contributed by atoms with E-state index in [1.54, 1.807) is 23.1 Å². The van der Waals surface area contributed by atoms with Crippen LogP contribution in [-0.2, 0) is 24.2 Å². The number of rotatable bonds is 6. The molecule has 1 aliphatic rings. The van der Waals surface area contributed by atoms with Gasteiger partial charge in [0.2, 0.25) is 0 Å². The van der Waals surface area contributed by atoms with E-state index in [1.165, 1.54) is 16.0 Å². The normalized spacial score (nSPS) is 19.3. The zero-order valence-electron chi connectivity index (χ0n) is 15.8. The fourth-order valence-electron chi connectivity index (χ4n) is 3.46. The molecule has 4 rings (SSSR count). The fourth-order valence-corrected chi connectivity index (χ4v) is 5.41. The Hall–Kier alpha value is -1.63. The molecule has 2 aromatic heterocycles. The minimum absolute atomic E-state index is 0.113. The van der Waals surface area contributed by atoms with Gasteiger partial charge in [-0.25, -0.2) is 9.97 Å². The molecule has 3 heterocycles. The van der Waals surface area contributed by atoms with E-state index in [9.17, 15) is 0 Å². The number of nitrogen functional groups attached to an aromatic ring is 1. The van der Waals surface area contributed by atoms with Gasteiger partial charge in [-0.15, -0.1) is 11.3 Å². The van der Waals surface area contributed by atoms with Crippen LogP contribution in [0.25, 0.3) is 10.2 Å². The first-order chi connectivity index (χ1) is 13.1. The number of fused-ring (bicyclic) bond motifs is 3. The number of aryl methyl sites for hydroxylation is 1. The lowest BCUT2D eigenvalue weighted by molar-refractivity contribution is -0.0542. The summed E-state index contributed by atoms with van der Waals surface area (Å²) in [7, 11) is 0. The largest absolute Gasteiger partial charge is 0.383 e. The highest BCUT2D eigenvalue weighted by Crippen LogP contribution is 2.41. The number of anilines is 1. The molecule has 0 aliphatic carbocycles. The van der Waals surface area contributed by atoms with Crippen molar-refractivity contribution in [2.75, 3.05) is 11.5 Å². The summed E-state index contributed by atoms with van der Waals surface area (Å²) in [4.78, 5) is 11.6. The second-order valence-corrected chi connectivity index (χ2v) is 9.43. The zero-order valence-corrected chi connectivity index (χ0v) is 17.5. The molecular formula is C21H25N3OS2. The Kier molecular flexibility index (Phi) is 5.39. The van der Waals surface area contributed by atoms with Gasteiger partial charge in [-0.3, -0.25) is 0 Å². The average molecular weight is 400 g/mol. The topological polar surface area (TPSA) is 61.0 Å². The minimum atomic E-state index is -0.113. The molecule has 0 amide bonds. The maximum absolute atomic E-state index is 6.35. The van der Waals surface area contributed by atoms with Crippen LogP contribution in [0, 0.1) is 0 Å². The highest BCUT2D eigenvalue weighted by atomic mass is 32.2. The second kappa shape index (κ2) is 7.78. The Morgan fingerprint density at radius 3 is 2.85 bits per heavy atom. The Morgan fingerprint density at radius 2 is 2.07 bits per heavy atom. The first kappa shape index (κ1) is 18.7. The summed E-state index contributed by atoms with van der Waals surface area (Å²) >= 11 is 3.40. The van der Waals surface area contributed by atoms with Gasteiger partial charge in [-0.1, -0.05) is 49.0 Å². The van der Waals surface area contributed by atoms with E-state index in [0.717, 1.165) is 46.8 Å². The number of aromatic nitrogens is 2. The highest BCUT2D eigenvalue weighted by Gasteiger charge is 2.32. The minimum Gasteiger partial charge on any atom is -0.383 e. The van der Waals surface area contributed by atoms with E-state index < -0.39 is 0 Å². The number of hydrogen-bond donors (Lipinski definition) is 1. The van der Waals surface area contributed by atoms with Gasteiger partial charge in [0.15, 0.2) is 5.16 Å². The summed E-state index contributed by atoms with van der Waals surface area (Å²) in [5.74, 6) is 1.60. The molecule has 0 spiro atoms. The highest BCUT2D eigenvalue weighted by molar-refractivity contribution is 7.99. The molecule has 0 saturated carbocycles. The van der Waals surface area contributed by atoms with Gasteiger partial charge in [-0.05, 0) is 37.3 Å². The molecule has 1 aromatic carbocycles. The lowest BCUT2D eigenvalue weighted by atomic mass is 9.90. The van der Waals surface area contributed by atoms with E-state index in [1.807, 2.05) is 0 Å². The molecule has 0 radical (unpaired) electrons. The van der Waals surface area contributed by atoms with Crippen molar-refractivity contribution in [1.82, 2.24) is 9.97 Å². The predicted octanol–water partition coefficient (Wildman–Crippen LogP) is 5.24. The van der Waals surface area contributed by atoms with Crippen LogP contribution in [0.3, 0.4) is 0 Å². The van der Waals surface area contributed by atoms with Gasteiger partial charge >= 0.3 is 0 Å². The number of nitrogens with zero attached hydrogens (tertiary/aromatic N) is 2. The number of thioether (sulfide) groups is 1. The third-order valence-electron chi connectivity index (χ3n) is 5.28. The number of thiophene rings is 1. The van der Waals surface area contributed by atoms with Gasteiger partial charge in [-0.2, -0.15) is 0 Å². The summed E-state index contributed by atoms with van der Waals surface area (Å²) in [6.45, 7) is 5.00. The van der Waals surface area contributed by atoms with E-state index in [4.69, 9.17) is 15.5 Å². The maximum Gasteiger partial charge on any atom is 0.190 e. The third-order valence-corrected chi connectivity index (χ3v) is 7.31. The first-order valence-electron chi connectivity index (χ1n) is 9.46. The van der Waals surface area contributed by atoms with Crippen molar-refractivity contribution in [2.45, 2.75) is 56.9 Å². The van der Waals surface area contributed by atoms with Gasteiger partial charge in [0.05, 0.1) is 17.6 Å². The van der Waals surface area contributed by atoms with Crippen molar-refractivity contribution < 1.29 is 4.74 Å². The van der Waals surface area contributed by atoms with E-state index in [2.05, 4.69) is 49.2 Å². The molecule has 3 aromatic rings. The Morgan fingerprint density at radius 1 is 1.26 bits per heavy atom. The summed E-state index contributed by atoms with van der Waals surface area (Å²) in [5.41, 5.74) is 8.91. The van der Waals surface area contributed by atoms with Crippen LogP contribution in [0.2, 0.25) is 0 Å². The SMILES string of the molecule is CCC1(C)Cc2c(sc3nc(SCCCc4ccccc4)nc(N)c23)CO1. The van der Waals surface area contributed by atoms with Crippen LogP contribution < -0.4 is 5.73 Å². The van der Waals surface area contributed by atoms with Crippen LogP contribution in [-0.4, -0.2) is 21.3 Å². The molecule has 1 aliphatic heterocycles. The molecule has 2 N–H and O–H groups in total. The van der Waals surface area contributed by atoms with Crippen LogP contribution in [0.1, 0.15) is 42.7 Å². The fraction of sp³-hybridized carbons (Fsp3) is 0.429. The Labute approximate surface area is 168 Å². The molecule has 27 heavy (non-hydrogen) atoms. The Balaban J connectivity index is 1.48. The maximum atomic E-state index is 6.35. The summed E-state index contributed by atoms with van der Waals surface area (Å²) in [6, 6.07) is 10.6. The number of hydrogen-bond acceptors (Lipinski definition) is 6. The molecule has 0 bridgehead atoms. The van der Waals surface area contributed by atoms with Crippen molar-refractivity contribution in [3.8, 4) is 0 Å². The van der Waals surface area contributed by atoms with Crippen molar-refractivity contribution in [2.24, 2.45) is 0 Å². The first-order valence-corrected chi connectivity index (χ1v) is 11.3. The molecule has 1 atom stereocenters. The lowest BCUT2D eigenvalue weighted by Crippen LogP contribution is -2.33. The van der Waals surface area contributed by atoms with Crippen molar-refractivity contribution in [1.29, 1.82) is 0 Å². The van der Waals surface area contributed by atoms with Gasteiger partial charge in [0, 0.05) is 17.1 Å². The number of ether oxygens (including phenoxy) is 1. The van der Waals surface area contributed by atoms with Crippen LogP contribution in [0.5, 0.6) is 0 Å². The zero-order chi connectivity index (χ0) is 18.9. The number of benzene rings is 1. The van der Waals surface area contributed by atoms with E-state index >= 15 is 0 Å². The average Bonchev–Trinajstić information content (AvgIpc) is 3.04. The predicted molar refractivity (Wildman–Crippen MR) is 115 cm³/mol. The molecule has 0 fully saturated rings. The summed E-state index contributed by atoms with van der Waals surface area (Å²) in [6.07, 6.45) is 4.04. The third kappa shape index (κ3) is 3.98. The van der Waals surface area contributed by atoms with Crippen LogP contribution in [0.15, 0.2) is 35.5 Å². The van der Waals surface area contributed by atoms with Crippen molar-refractivity contribution in [3.05, 3.63) is 46.3 Å². The standard InChI is InChI=1S/C21H25N3OS2/c1-3-21(2)12-15-16(13-25-21)27-19-17(15)18(22)23-20(24-19)26-11-7-10-14-8-5-4-6-9-14/h4-6,8-9H,3,7,10-13H2,1-2H3,(H2,22,23,24). The van der Waals surface area contributed by atoms with Gasteiger partial charge in [0.1, 0.15) is 10.6 Å². The molecular weight excluding hydrogens is 374 g/mol. The molecule has 6 heteroatoms. The second-order valence-electron chi connectivity index (χ2n) is 7.28. The van der Waals surface area contributed by atoms with Gasteiger partial charge in [0.25, 0.3) is 0 Å². The quantitative estimate of drug-likeness (QED) is 0.349. The molecule has 1 unspecified atom stereocenters. The van der Waals surface area contributed by atoms with Crippen LogP contribution >= 0.6 is 23.1 Å². The number of nitrogens with two attached hydrogens (primary N) is 1. The lowest BCUT2D eigenvalue weighted by Gasteiger charge is -2.33. The van der Waals surface area contributed by atoms with Gasteiger partial charge < -0.3 is 10.5 Å². The monoisotopic (exact) mass is 399 g/mol. The molecule has 0 saturated heterocycles. The van der Waals surface area contributed by atoms with Crippen molar-refractivity contribution >= 4 is 39.1 Å². The summed E-state index contributed by atoms with van der Waals surface area (Å²) < 4.78 is 6.08. The summed E-state index contributed by atoms with van der Waals surface area (Å²) in [5, 5.41) is 1.83. The van der Waals surface area contributed by atoms with Crippen molar-refractivity contribution in [3.63, 3.8) is 0 Å².